The third-order valence-corrected chi connectivity index (χ3v) is 20.3. The van der Waals surface area contributed by atoms with Crippen molar-refractivity contribution in [3.8, 4) is 0 Å². The van der Waals surface area contributed by atoms with Crippen LogP contribution in [0.2, 0.25) is 50.4 Å². The van der Waals surface area contributed by atoms with E-state index in [1.807, 2.05) is 0 Å². The highest BCUT2D eigenvalue weighted by Gasteiger charge is 2.47. The third-order valence-electron chi connectivity index (χ3n) is 6.02. The Kier molecular flexibility index (Phi) is 11.4. The van der Waals surface area contributed by atoms with E-state index in [4.69, 9.17) is 26.2 Å². The molecule has 29 heavy (non-hydrogen) atoms. The van der Waals surface area contributed by atoms with E-state index in [1.54, 1.807) is 35.5 Å². The summed E-state index contributed by atoms with van der Waals surface area (Å²) in [6.45, 7) is 11.5. The summed E-state index contributed by atoms with van der Waals surface area (Å²) in [5.74, 6) is 0. The van der Waals surface area contributed by atoms with Gasteiger partial charge >= 0.3 is 17.5 Å². The Bertz CT molecular complexity index is 467. The van der Waals surface area contributed by atoms with E-state index in [9.17, 15) is 0 Å². The molecule has 0 aliphatic carbocycles. The summed E-state index contributed by atoms with van der Waals surface area (Å²) in [6.07, 6.45) is 3.56. The van der Waals surface area contributed by atoms with Gasteiger partial charge in [-0.1, -0.05) is 6.42 Å². The maximum absolute atomic E-state index is 6.79. The van der Waals surface area contributed by atoms with Gasteiger partial charge in [-0.15, -0.1) is 0 Å². The molecular weight excluding hydrogens is 439 g/mol. The van der Waals surface area contributed by atoms with Crippen LogP contribution >= 0.6 is 0 Å². The van der Waals surface area contributed by atoms with Gasteiger partial charge in [-0.3, -0.25) is 4.57 Å². The highest BCUT2D eigenvalue weighted by Crippen LogP contribution is 2.29. The van der Waals surface area contributed by atoms with Gasteiger partial charge in [0, 0.05) is 47.6 Å². The van der Waals surface area contributed by atoms with E-state index in [2.05, 4.69) is 30.8 Å². The van der Waals surface area contributed by atoms with Gasteiger partial charge in [0.1, 0.15) is 0 Å². The minimum absolute atomic E-state index is 0.815. The Balaban J connectivity index is 2.45. The summed E-state index contributed by atoms with van der Waals surface area (Å²) >= 11 is 0. The fourth-order valence-electron chi connectivity index (χ4n) is 4.36. The van der Waals surface area contributed by atoms with Crippen molar-refractivity contribution < 1.29 is 26.2 Å². The van der Waals surface area contributed by atoms with Gasteiger partial charge < -0.3 is 26.2 Å². The lowest BCUT2D eigenvalue weighted by Crippen LogP contribution is -2.53. The summed E-state index contributed by atoms with van der Waals surface area (Å²) in [6, 6.07) is 4.08. The van der Waals surface area contributed by atoms with Crippen LogP contribution in [-0.4, -0.2) is 87.4 Å². The van der Waals surface area contributed by atoms with E-state index >= 15 is 0 Å². The standard InChI is InChI=1S/C18H45NO6Si4/c1-20-28(21-2)16-12-14-19(28)13-10-11-15-26(6,7)25-27(8,9)17-18-29(22-3,23-4)24-5/h10-18H2,1-9H3. The predicted molar refractivity (Wildman–Crippen MR) is 127 cm³/mol. The van der Waals surface area contributed by atoms with Gasteiger partial charge in [-0.25, -0.2) is 0 Å². The first-order chi connectivity index (χ1) is 13.5. The average Bonchev–Trinajstić information content (AvgIpc) is 3.09. The lowest BCUT2D eigenvalue weighted by molar-refractivity contribution is 0.125. The van der Waals surface area contributed by atoms with Crippen molar-refractivity contribution in [1.82, 2.24) is 4.57 Å². The number of unbranched alkanes of at least 4 members (excludes halogenated alkanes) is 1. The lowest BCUT2D eigenvalue weighted by atomic mass is 10.3. The Labute approximate surface area is 183 Å². The van der Waals surface area contributed by atoms with Gasteiger partial charge in [0.25, 0.3) is 0 Å². The summed E-state index contributed by atoms with van der Waals surface area (Å²) in [4.78, 5) is 0. The molecule has 1 aliphatic rings. The molecule has 0 unspecified atom stereocenters. The number of hydrogen-bond donors (Lipinski definition) is 0. The van der Waals surface area contributed by atoms with Crippen LogP contribution in [0.25, 0.3) is 0 Å². The molecule has 0 N–H and O–H groups in total. The second kappa shape index (κ2) is 12.0. The molecule has 0 amide bonds. The summed E-state index contributed by atoms with van der Waals surface area (Å²) in [5, 5.41) is 0. The van der Waals surface area contributed by atoms with Gasteiger partial charge in [-0.05, 0) is 64.2 Å². The molecule has 0 spiro atoms. The van der Waals surface area contributed by atoms with Crippen LogP contribution in [0.1, 0.15) is 19.3 Å². The maximum Gasteiger partial charge on any atom is 0.499 e. The highest BCUT2D eigenvalue weighted by molar-refractivity contribution is 6.85. The van der Waals surface area contributed by atoms with E-state index in [0.29, 0.717) is 0 Å². The van der Waals surface area contributed by atoms with E-state index in [1.165, 1.54) is 25.3 Å². The Morgan fingerprint density at radius 3 is 1.83 bits per heavy atom. The highest BCUT2D eigenvalue weighted by atomic mass is 28.4. The molecule has 174 valence electrons. The second-order valence-corrected chi connectivity index (χ2v) is 24.4. The summed E-state index contributed by atoms with van der Waals surface area (Å²) < 4.78 is 37.6. The molecule has 0 atom stereocenters. The predicted octanol–water partition coefficient (Wildman–Crippen LogP) is 4.01. The molecule has 0 radical (unpaired) electrons. The molecule has 1 saturated heterocycles. The normalized spacial score (nSPS) is 18.5. The van der Waals surface area contributed by atoms with E-state index in [-0.39, 0.29) is 0 Å². The topological polar surface area (TPSA) is 58.6 Å². The van der Waals surface area contributed by atoms with Gasteiger partial charge in [0.2, 0.25) is 0 Å². The van der Waals surface area contributed by atoms with Crippen molar-refractivity contribution in [3.63, 3.8) is 0 Å². The smallest absolute Gasteiger partial charge is 0.456 e. The molecule has 0 saturated carbocycles. The van der Waals surface area contributed by atoms with Crippen molar-refractivity contribution in [1.29, 1.82) is 0 Å². The van der Waals surface area contributed by atoms with Crippen molar-refractivity contribution in [2.75, 3.05) is 48.6 Å². The van der Waals surface area contributed by atoms with Crippen LogP contribution in [0.3, 0.4) is 0 Å². The maximum atomic E-state index is 6.79. The van der Waals surface area contributed by atoms with E-state index in [0.717, 1.165) is 31.2 Å². The van der Waals surface area contributed by atoms with Crippen LogP contribution in [0.4, 0.5) is 0 Å². The number of rotatable bonds is 15. The van der Waals surface area contributed by atoms with Gasteiger partial charge in [-0.2, -0.15) is 0 Å². The van der Waals surface area contributed by atoms with Crippen molar-refractivity contribution in [3.05, 3.63) is 0 Å². The SMILES string of the molecule is CO[Si](CC[Si](C)(C)O[Si](C)(C)CCCCN1CCC[Si]1(OC)OC)(OC)OC. The first-order valence-corrected chi connectivity index (χ1v) is 20.9. The minimum atomic E-state index is -2.53. The quantitative estimate of drug-likeness (QED) is 0.258. The molecule has 1 fully saturated rings. The molecule has 0 aromatic carbocycles. The van der Waals surface area contributed by atoms with Crippen LogP contribution in [0, 0.1) is 0 Å². The zero-order valence-corrected chi connectivity index (χ0v) is 24.3. The number of hydrogen-bond acceptors (Lipinski definition) is 7. The number of nitrogens with zero attached hydrogens (tertiary/aromatic N) is 1. The zero-order chi connectivity index (χ0) is 22.2. The fourth-order valence-corrected chi connectivity index (χ4v) is 20.0. The lowest BCUT2D eigenvalue weighted by Gasteiger charge is -2.36. The third kappa shape index (κ3) is 8.22. The Hall–Kier alpha value is 0.588. The first-order valence-electron chi connectivity index (χ1n) is 10.7. The van der Waals surface area contributed by atoms with Crippen molar-refractivity contribution >= 4 is 34.2 Å². The Morgan fingerprint density at radius 1 is 0.759 bits per heavy atom. The van der Waals surface area contributed by atoms with Crippen LogP contribution in [-0.2, 0) is 26.2 Å². The average molecular weight is 484 g/mol. The molecule has 0 bridgehead atoms. The van der Waals surface area contributed by atoms with Crippen LogP contribution < -0.4 is 0 Å². The molecule has 11 heteroatoms. The van der Waals surface area contributed by atoms with Crippen LogP contribution in [0.15, 0.2) is 0 Å². The minimum Gasteiger partial charge on any atom is -0.456 e. The van der Waals surface area contributed by atoms with Gasteiger partial charge in [0.05, 0.1) is 0 Å². The van der Waals surface area contributed by atoms with Crippen LogP contribution in [0.5, 0.6) is 0 Å². The molecule has 1 rings (SSSR count). The summed E-state index contributed by atoms with van der Waals surface area (Å²) in [7, 11) is 0.511. The van der Waals surface area contributed by atoms with Crippen molar-refractivity contribution in [2.24, 2.45) is 0 Å². The Morgan fingerprint density at radius 2 is 1.31 bits per heavy atom. The van der Waals surface area contributed by atoms with Gasteiger partial charge in [0.15, 0.2) is 16.6 Å². The first kappa shape index (κ1) is 27.6. The van der Waals surface area contributed by atoms with Crippen molar-refractivity contribution in [2.45, 2.75) is 69.6 Å². The molecule has 7 nitrogen and oxygen atoms in total. The molecule has 0 aromatic rings. The zero-order valence-electron chi connectivity index (χ0n) is 20.3. The van der Waals surface area contributed by atoms with E-state index < -0.39 is 34.2 Å². The fraction of sp³-hybridized carbons (Fsp3) is 1.00. The monoisotopic (exact) mass is 483 g/mol. The summed E-state index contributed by atoms with van der Waals surface area (Å²) in [5.41, 5.74) is 0. The second-order valence-electron chi connectivity index (χ2n) is 9.09. The largest absolute Gasteiger partial charge is 0.499 e. The molecule has 1 aliphatic heterocycles. The molecular formula is C18H45NO6Si4. The molecule has 0 aromatic heterocycles. The molecule has 1 heterocycles.